The highest BCUT2D eigenvalue weighted by Gasteiger charge is 2.39. The fourth-order valence-corrected chi connectivity index (χ4v) is 3.13. The predicted molar refractivity (Wildman–Crippen MR) is 93.1 cm³/mol. The highest BCUT2D eigenvalue weighted by Crippen LogP contribution is 2.30. The summed E-state index contributed by atoms with van der Waals surface area (Å²) in [6.45, 7) is 5.98. The summed E-state index contributed by atoms with van der Waals surface area (Å²) in [5.74, 6) is 0.511. The normalized spacial score (nSPS) is 16.6. The third kappa shape index (κ3) is 3.87. The maximum atomic E-state index is 12.9. The third-order valence-electron chi connectivity index (χ3n) is 4.62. The molecule has 0 unspecified atom stereocenters. The minimum Gasteiger partial charge on any atom is -0.381 e. The molecule has 1 amide bonds. The van der Waals surface area contributed by atoms with Crippen LogP contribution in [0.3, 0.4) is 0 Å². The lowest BCUT2D eigenvalue weighted by Gasteiger charge is -2.36. The van der Waals surface area contributed by atoms with Crippen LogP contribution in [0.2, 0.25) is 0 Å². The molecule has 3 rings (SSSR count). The molecule has 0 aromatic carbocycles. The predicted octanol–water partition coefficient (Wildman–Crippen LogP) is 2.22. The fraction of sp³-hybridized carbons (Fsp3) is 0.556. The van der Waals surface area contributed by atoms with Gasteiger partial charge in [0.15, 0.2) is 5.82 Å². The largest absolute Gasteiger partial charge is 0.381 e. The number of hydrogen-bond donors (Lipinski definition) is 1. The van der Waals surface area contributed by atoms with Gasteiger partial charge in [0.25, 0.3) is 5.91 Å². The van der Waals surface area contributed by atoms with E-state index >= 15 is 0 Å². The van der Waals surface area contributed by atoms with Crippen molar-refractivity contribution in [2.24, 2.45) is 0 Å². The van der Waals surface area contributed by atoms with Crippen LogP contribution in [0.5, 0.6) is 0 Å². The van der Waals surface area contributed by atoms with Gasteiger partial charge < -0.3 is 10.1 Å². The van der Waals surface area contributed by atoms with Crippen molar-refractivity contribution in [2.45, 2.75) is 51.6 Å². The maximum absolute atomic E-state index is 12.9. The molecule has 25 heavy (non-hydrogen) atoms. The standard InChI is InChI=1S/C18H25N5O2/c1-3-4-10-23-13-15(14(2)22-23)16(24)21-18(6-11-25-12-7-18)17-19-8-5-9-20-17/h5,8-9,13H,3-4,6-7,10-12H2,1-2H3,(H,21,24). The smallest absolute Gasteiger partial charge is 0.255 e. The van der Waals surface area contributed by atoms with Crippen molar-refractivity contribution >= 4 is 5.91 Å². The Bertz CT molecular complexity index is 708. The number of hydrogen-bond acceptors (Lipinski definition) is 5. The van der Waals surface area contributed by atoms with Crippen molar-refractivity contribution in [1.82, 2.24) is 25.1 Å². The van der Waals surface area contributed by atoms with Crippen molar-refractivity contribution in [3.05, 3.63) is 41.7 Å². The second kappa shape index (κ2) is 7.74. The summed E-state index contributed by atoms with van der Waals surface area (Å²) in [4.78, 5) is 21.7. The topological polar surface area (TPSA) is 81.9 Å². The molecule has 0 aliphatic carbocycles. The lowest BCUT2D eigenvalue weighted by atomic mass is 9.88. The average Bonchev–Trinajstić information content (AvgIpc) is 3.02. The molecule has 7 heteroatoms. The molecule has 0 bridgehead atoms. The number of nitrogens with zero attached hydrogens (tertiary/aromatic N) is 4. The van der Waals surface area contributed by atoms with Gasteiger partial charge in [-0.1, -0.05) is 13.3 Å². The molecule has 1 N–H and O–H groups in total. The summed E-state index contributed by atoms with van der Waals surface area (Å²) >= 11 is 0. The Morgan fingerprint density at radius 3 is 2.72 bits per heavy atom. The van der Waals surface area contributed by atoms with Crippen LogP contribution in [0, 0.1) is 6.92 Å². The van der Waals surface area contributed by atoms with Crippen LogP contribution in [-0.2, 0) is 16.8 Å². The molecule has 1 aliphatic rings. The SMILES string of the molecule is CCCCn1cc(C(=O)NC2(c3ncccn3)CCOCC2)c(C)n1. The van der Waals surface area contributed by atoms with Crippen molar-refractivity contribution in [1.29, 1.82) is 0 Å². The average molecular weight is 343 g/mol. The van der Waals surface area contributed by atoms with Gasteiger partial charge in [-0.05, 0) is 19.4 Å². The first-order chi connectivity index (χ1) is 12.1. The zero-order valence-electron chi connectivity index (χ0n) is 14.9. The van der Waals surface area contributed by atoms with Crippen LogP contribution < -0.4 is 5.32 Å². The van der Waals surface area contributed by atoms with E-state index in [2.05, 4.69) is 27.3 Å². The first kappa shape index (κ1) is 17.5. The zero-order valence-corrected chi connectivity index (χ0v) is 14.9. The van der Waals surface area contributed by atoms with Crippen LogP contribution in [-0.4, -0.2) is 38.9 Å². The van der Waals surface area contributed by atoms with Gasteiger partial charge in [-0.15, -0.1) is 0 Å². The highest BCUT2D eigenvalue weighted by atomic mass is 16.5. The van der Waals surface area contributed by atoms with Gasteiger partial charge in [-0.3, -0.25) is 9.48 Å². The van der Waals surface area contributed by atoms with Gasteiger partial charge in [0, 0.05) is 51.2 Å². The van der Waals surface area contributed by atoms with Crippen LogP contribution in [0.1, 0.15) is 54.5 Å². The number of nitrogens with one attached hydrogen (secondary N) is 1. The Hall–Kier alpha value is -2.28. The number of rotatable bonds is 6. The molecule has 134 valence electrons. The highest BCUT2D eigenvalue weighted by molar-refractivity contribution is 5.95. The van der Waals surface area contributed by atoms with E-state index in [1.54, 1.807) is 18.5 Å². The van der Waals surface area contributed by atoms with Gasteiger partial charge in [0.05, 0.1) is 11.3 Å². The molecule has 1 aliphatic heterocycles. The van der Waals surface area contributed by atoms with Gasteiger partial charge in [-0.2, -0.15) is 5.10 Å². The minimum absolute atomic E-state index is 0.130. The lowest BCUT2D eigenvalue weighted by molar-refractivity contribution is 0.0313. The van der Waals surface area contributed by atoms with E-state index < -0.39 is 5.54 Å². The summed E-state index contributed by atoms with van der Waals surface area (Å²) in [5.41, 5.74) is 0.761. The second-order valence-electron chi connectivity index (χ2n) is 6.47. The Morgan fingerprint density at radius 2 is 2.04 bits per heavy atom. The lowest BCUT2D eigenvalue weighted by Crippen LogP contribution is -2.50. The number of ether oxygens (including phenoxy) is 1. The number of carbonyl (C=O) groups excluding carboxylic acids is 1. The van der Waals surface area contributed by atoms with Crippen molar-refractivity contribution in [3.8, 4) is 0 Å². The van der Waals surface area contributed by atoms with Crippen molar-refractivity contribution in [2.75, 3.05) is 13.2 Å². The van der Waals surface area contributed by atoms with E-state index in [0.29, 0.717) is 37.4 Å². The van der Waals surface area contributed by atoms with Crippen molar-refractivity contribution < 1.29 is 9.53 Å². The number of aryl methyl sites for hydroxylation is 2. The van der Waals surface area contributed by atoms with Gasteiger partial charge >= 0.3 is 0 Å². The molecular weight excluding hydrogens is 318 g/mol. The Labute approximate surface area is 147 Å². The van der Waals surface area contributed by atoms with E-state index in [1.165, 1.54) is 0 Å². The summed E-state index contributed by atoms with van der Waals surface area (Å²) < 4.78 is 7.33. The maximum Gasteiger partial charge on any atom is 0.255 e. The Balaban J connectivity index is 1.83. The van der Waals surface area contributed by atoms with Crippen LogP contribution in [0.15, 0.2) is 24.7 Å². The van der Waals surface area contributed by atoms with E-state index in [0.717, 1.165) is 25.1 Å². The number of amides is 1. The molecule has 3 heterocycles. The Kier molecular flexibility index (Phi) is 5.43. The van der Waals surface area contributed by atoms with Crippen LogP contribution >= 0.6 is 0 Å². The number of unbranched alkanes of at least 4 members (excludes halogenated alkanes) is 1. The van der Waals surface area contributed by atoms with Gasteiger partial charge in [0.1, 0.15) is 5.54 Å². The molecule has 2 aromatic rings. The number of carbonyl (C=O) groups is 1. The van der Waals surface area contributed by atoms with Crippen LogP contribution in [0.4, 0.5) is 0 Å². The molecular formula is C18H25N5O2. The van der Waals surface area contributed by atoms with Gasteiger partial charge in [0.2, 0.25) is 0 Å². The monoisotopic (exact) mass is 343 g/mol. The molecule has 1 fully saturated rings. The Morgan fingerprint density at radius 1 is 1.32 bits per heavy atom. The second-order valence-corrected chi connectivity index (χ2v) is 6.47. The third-order valence-corrected chi connectivity index (χ3v) is 4.62. The summed E-state index contributed by atoms with van der Waals surface area (Å²) in [6, 6.07) is 1.78. The van der Waals surface area contributed by atoms with E-state index in [-0.39, 0.29) is 5.91 Å². The summed E-state index contributed by atoms with van der Waals surface area (Å²) in [5, 5.41) is 7.64. The molecule has 0 radical (unpaired) electrons. The quantitative estimate of drug-likeness (QED) is 0.870. The molecule has 7 nitrogen and oxygen atoms in total. The minimum atomic E-state index is -0.589. The van der Waals surface area contributed by atoms with E-state index in [4.69, 9.17) is 4.74 Å². The van der Waals surface area contributed by atoms with Gasteiger partial charge in [-0.25, -0.2) is 9.97 Å². The van der Waals surface area contributed by atoms with E-state index in [1.807, 2.05) is 17.8 Å². The molecule has 0 atom stereocenters. The summed E-state index contributed by atoms with van der Waals surface area (Å²) in [7, 11) is 0. The molecule has 2 aromatic heterocycles. The fourth-order valence-electron chi connectivity index (χ4n) is 3.13. The molecule has 1 saturated heterocycles. The first-order valence-electron chi connectivity index (χ1n) is 8.86. The summed E-state index contributed by atoms with van der Waals surface area (Å²) in [6.07, 6.45) is 8.70. The van der Waals surface area contributed by atoms with Crippen molar-refractivity contribution in [3.63, 3.8) is 0 Å². The zero-order chi connectivity index (χ0) is 17.7. The van der Waals surface area contributed by atoms with Crippen LogP contribution in [0.25, 0.3) is 0 Å². The molecule has 0 spiro atoms. The van der Waals surface area contributed by atoms with E-state index in [9.17, 15) is 4.79 Å². The molecule has 0 saturated carbocycles. The first-order valence-corrected chi connectivity index (χ1v) is 8.86. The number of aromatic nitrogens is 4.